The molecule has 3 nitrogen and oxygen atoms in total. The highest BCUT2D eigenvalue weighted by Crippen LogP contribution is 2.29. The lowest BCUT2D eigenvalue weighted by Gasteiger charge is -2.29. The highest BCUT2D eigenvalue weighted by Gasteiger charge is 2.24. The number of thioether (sulfide) groups is 1. The summed E-state index contributed by atoms with van der Waals surface area (Å²) in [7, 11) is 0. The van der Waals surface area contributed by atoms with Gasteiger partial charge in [0, 0.05) is 17.8 Å². The smallest absolute Gasteiger partial charge is 0.233 e. The lowest BCUT2D eigenvalue weighted by Crippen LogP contribution is -2.42. The maximum Gasteiger partial charge on any atom is 0.233 e. The molecule has 0 aromatic carbocycles. The first kappa shape index (κ1) is 17.8. The molecule has 0 radical (unpaired) electrons. The molecule has 0 saturated carbocycles. The Labute approximate surface area is 117 Å². The van der Waals surface area contributed by atoms with Crippen LogP contribution in [-0.2, 0) is 4.79 Å². The van der Waals surface area contributed by atoms with Crippen LogP contribution in [0, 0.1) is 5.92 Å². The molecule has 0 aromatic heterocycles. The van der Waals surface area contributed by atoms with E-state index in [1.54, 1.807) is 0 Å². The van der Waals surface area contributed by atoms with Crippen molar-refractivity contribution in [2.45, 2.75) is 51.7 Å². The van der Waals surface area contributed by atoms with Crippen molar-refractivity contribution in [2.24, 2.45) is 5.92 Å². The fourth-order valence-corrected chi connectivity index (χ4v) is 2.65. The minimum Gasteiger partial charge on any atom is -0.355 e. The maximum absolute atomic E-state index is 11.6. The van der Waals surface area contributed by atoms with Crippen molar-refractivity contribution in [1.82, 2.24) is 10.6 Å². The van der Waals surface area contributed by atoms with Gasteiger partial charge in [0.1, 0.15) is 0 Å². The van der Waals surface area contributed by atoms with E-state index in [0.29, 0.717) is 12.5 Å². The van der Waals surface area contributed by atoms with Crippen LogP contribution in [0.4, 0.5) is 0 Å². The topological polar surface area (TPSA) is 41.1 Å². The molecule has 0 spiro atoms. The van der Waals surface area contributed by atoms with Crippen molar-refractivity contribution in [3.63, 3.8) is 0 Å². The normalized spacial score (nSPS) is 11.9. The van der Waals surface area contributed by atoms with Crippen LogP contribution < -0.4 is 10.6 Å². The third-order valence-electron chi connectivity index (χ3n) is 3.50. The minimum absolute atomic E-state index is 0.109. The molecule has 18 heavy (non-hydrogen) atoms. The van der Waals surface area contributed by atoms with E-state index in [2.05, 4.69) is 44.6 Å². The first-order chi connectivity index (χ1) is 8.49. The second-order valence-corrected chi connectivity index (χ2v) is 6.50. The zero-order chi connectivity index (χ0) is 14.0. The molecule has 0 saturated heterocycles. The fourth-order valence-electron chi connectivity index (χ4n) is 1.83. The summed E-state index contributed by atoms with van der Waals surface area (Å²) in [4.78, 5) is 11.6. The molecule has 4 heteroatoms. The van der Waals surface area contributed by atoms with Crippen LogP contribution in [0.5, 0.6) is 0 Å². The van der Waals surface area contributed by atoms with Gasteiger partial charge in [-0.25, -0.2) is 0 Å². The summed E-state index contributed by atoms with van der Waals surface area (Å²) in [6.45, 7) is 10.9. The molecule has 1 amide bonds. The molecule has 0 aromatic rings. The quantitative estimate of drug-likeness (QED) is 0.643. The standard InChI is InChI=1S/C14H30N2OS/c1-6-14(7-2,18-5)11-15-10-13(17)16-9-8-12(3)4/h12,15H,6-11H2,1-5H3,(H,16,17). The monoisotopic (exact) mass is 274 g/mol. The van der Waals surface area contributed by atoms with Crippen LogP contribution in [0.3, 0.4) is 0 Å². The Kier molecular flexibility index (Phi) is 9.56. The molecule has 108 valence electrons. The second-order valence-electron chi connectivity index (χ2n) is 5.23. The zero-order valence-corrected chi connectivity index (χ0v) is 13.5. The van der Waals surface area contributed by atoms with E-state index in [0.717, 1.165) is 32.4 Å². The van der Waals surface area contributed by atoms with Crippen molar-refractivity contribution >= 4 is 17.7 Å². The van der Waals surface area contributed by atoms with Crippen LogP contribution in [0.2, 0.25) is 0 Å². The maximum atomic E-state index is 11.6. The molecular formula is C14H30N2OS. The van der Waals surface area contributed by atoms with Gasteiger partial charge >= 0.3 is 0 Å². The Morgan fingerprint density at radius 3 is 2.33 bits per heavy atom. The fraction of sp³-hybridized carbons (Fsp3) is 0.929. The van der Waals surface area contributed by atoms with Crippen LogP contribution in [0.15, 0.2) is 0 Å². The predicted molar refractivity (Wildman–Crippen MR) is 82.2 cm³/mol. The first-order valence-corrected chi connectivity index (χ1v) is 8.24. The Hall–Kier alpha value is -0.220. The summed E-state index contributed by atoms with van der Waals surface area (Å²) < 4.78 is 0.276. The van der Waals surface area contributed by atoms with Gasteiger partial charge in [-0.2, -0.15) is 11.8 Å². The minimum atomic E-state index is 0.109. The molecule has 0 unspecified atom stereocenters. The van der Waals surface area contributed by atoms with E-state index >= 15 is 0 Å². The van der Waals surface area contributed by atoms with Gasteiger partial charge in [0.25, 0.3) is 0 Å². The van der Waals surface area contributed by atoms with E-state index in [1.807, 2.05) is 11.8 Å². The summed E-state index contributed by atoms with van der Waals surface area (Å²) in [5.74, 6) is 0.750. The number of nitrogens with one attached hydrogen (secondary N) is 2. The average Bonchev–Trinajstić information content (AvgIpc) is 2.35. The molecule has 2 N–H and O–H groups in total. The van der Waals surface area contributed by atoms with Crippen molar-refractivity contribution in [2.75, 3.05) is 25.9 Å². The zero-order valence-electron chi connectivity index (χ0n) is 12.6. The summed E-state index contributed by atoms with van der Waals surface area (Å²) in [5.41, 5.74) is 0. The van der Waals surface area contributed by atoms with E-state index < -0.39 is 0 Å². The SMILES string of the molecule is CCC(CC)(CNCC(=O)NCCC(C)C)SC. The van der Waals surface area contributed by atoms with Gasteiger partial charge in [0.2, 0.25) is 5.91 Å². The van der Waals surface area contributed by atoms with Crippen LogP contribution in [-0.4, -0.2) is 36.5 Å². The molecule has 0 rings (SSSR count). The third-order valence-corrected chi connectivity index (χ3v) is 5.09. The number of carbonyl (C=O) groups is 1. The summed E-state index contributed by atoms with van der Waals surface area (Å²) in [5, 5.41) is 6.23. The van der Waals surface area contributed by atoms with Crippen molar-refractivity contribution in [1.29, 1.82) is 0 Å². The van der Waals surface area contributed by atoms with Crippen LogP contribution in [0.1, 0.15) is 47.0 Å². The molecule has 0 atom stereocenters. The largest absolute Gasteiger partial charge is 0.355 e. The van der Waals surface area contributed by atoms with Gasteiger partial charge in [-0.05, 0) is 31.4 Å². The van der Waals surface area contributed by atoms with Gasteiger partial charge in [0.15, 0.2) is 0 Å². The number of rotatable bonds is 10. The van der Waals surface area contributed by atoms with E-state index in [1.165, 1.54) is 0 Å². The predicted octanol–water partition coefficient (Wildman–Crippen LogP) is 2.66. The Morgan fingerprint density at radius 2 is 1.89 bits per heavy atom. The number of hydrogen-bond acceptors (Lipinski definition) is 3. The van der Waals surface area contributed by atoms with Gasteiger partial charge in [-0.15, -0.1) is 0 Å². The van der Waals surface area contributed by atoms with Crippen molar-refractivity contribution < 1.29 is 4.79 Å². The van der Waals surface area contributed by atoms with Gasteiger partial charge in [-0.1, -0.05) is 27.7 Å². The molecule has 0 aliphatic heterocycles. The summed E-state index contributed by atoms with van der Waals surface area (Å²) in [6, 6.07) is 0. The van der Waals surface area contributed by atoms with Crippen molar-refractivity contribution in [3.05, 3.63) is 0 Å². The van der Waals surface area contributed by atoms with Crippen molar-refractivity contribution in [3.8, 4) is 0 Å². The van der Waals surface area contributed by atoms with E-state index in [9.17, 15) is 4.79 Å². The number of hydrogen-bond donors (Lipinski definition) is 2. The summed E-state index contributed by atoms with van der Waals surface area (Å²) >= 11 is 1.90. The number of amides is 1. The summed E-state index contributed by atoms with van der Waals surface area (Å²) in [6.07, 6.45) is 5.46. The highest BCUT2D eigenvalue weighted by atomic mass is 32.2. The number of carbonyl (C=O) groups excluding carboxylic acids is 1. The lowest BCUT2D eigenvalue weighted by molar-refractivity contribution is -0.120. The van der Waals surface area contributed by atoms with Gasteiger partial charge in [-0.3, -0.25) is 4.79 Å². The Balaban J connectivity index is 3.79. The van der Waals surface area contributed by atoms with Crippen LogP contribution in [0.25, 0.3) is 0 Å². The Bertz CT molecular complexity index is 220. The molecule has 0 heterocycles. The molecule has 0 fully saturated rings. The average molecular weight is 274 g/mol. The first-order valence-electron chi connectivity index (χ1n) is 7.02. The molecule has 0 bridgehead atoms. The lowest BCUT2D eigenvalue weighted by atomic mass is 10.0. The molecule has 0 aliphatic rings. The van der Waals surface area contributed by atoms with Gasteiger partial charge < -0.3 is 10.6 Å². The van der Waals surface area contributed by atoms with Crippen LogP contribution >= 0.6 is 11.8 Å². The molecule has 0 aliphatic carbocycles. The highest BCUT2D eigenvalue weighted by molar-refractivity contribution is 8.00. The van der Waals surface area contributed by atoms with E-state index in [4.69, 9.17) is 0 Å². The van der Waals surface area contributed by atoms with Gasteiger partial charge in [0.05, 0.1) is 6.54 Å². The Morgan fingerprint density at radius 1 is 1.28 bits per heavy atom. The molecular weight excluding hydrogens is 244 g/mol. The third kappa shape index (κ3) is 7.27. The second kappa shape index (κ2) is 9.68. The van der Waals surface area contributed by atoms with E-state index in [-0.39, 0.29) is 10.7 Å².